The maximum atomic E-state index is 12.1. The topological polar surface area (TPSA) is 32.3 Å². The Hall–Kier alpha value is -1.35. The van der Waals surface area contributed by atoms with Gasteiger partial charge in [-0.15, -0.1) is 0 Å². The molecule has 1 atom stereocenters. The first-order valence-corrected chi connectivity index (χ1v) is 7.38. The first-order chi connectivity index (χ1) is 9.31. The maximum Gasteiger partial charge on any atom is 0.224 e. The lowest BCUT2D eigenvalue weighted by molar-refractivity contribution is -0.126. The van der Waals surface area contributed by atoms with Crippen LogP contribution in [-0.4, -0.2) is 29.9 Å². The summed E-state index contributed by atoms with van der Waals surface area (Å²) >= 11 is 0. The van der Waals surface area contributed by atoms with Crippen LogP contribution in [0.1, 0.15) is 31.2 Å². The third-order valence-corrected chi connectivity index (χ3v) is 4.05. The molecule has 3 nitrogen and oxygen atoms in total. The van der Waals surface area contributed by atoms with Gasteiger partial charge in [0.05, 0.1) is 5.92 Å². The number of nitrogens with one attached hydrogen (secondary N) is 1. The Kier molecular flexibility index (Phi) is 3.83. The van der Waals surface area contributed by atoms with Crippen molar-refractivity contribution in [1.29, 1.82) is 0 Å². The monoisotopic (exact) mass is 258 g/mol. The molecule has 1 N–H and O–H groups in total. The highest BCUT2D eigenvalue weighted by Crippen LogP contribution is 2.22. The van der Waals surface area contributed by atoms with Crippen molar-refractivity contribution in [3.63, 3.8) is 0 Å². The molecule has 1 aliphatic heterocycles. The molecule has 0 radical (unpaired) electrons. The van der Waals surface area contributed by atoms with Gasteiger partial charge in [-0.05, 0) is 37.8 Å². The van der Waals surface area contributed by atoms with Crippen LogP contribution in [0.25, 0.3) is 0 Å². The van der Waals surface area contributed by atoms with Crippen LogP contribution in [0.4, 0.5) is 0 Å². The van der Waals surface area contributed by atoms with E-state index in [1.807, 2.05) is 6.07 Å². The van der Waals surface area contributed by atoms with Crippen molar-refractivity contribution >= 4 is 5.91 Å². The molecule has 1 aromatic carbocycles. The minimum atomic E-state index is 0.193. The summed E-state index contributed by atoms with van der Waals surface area (Å²) in [4.78, 5) is 14.5. The van der Waals surface area contributed by atoms with Crippen LogP contribution in [0, 0.1) is 5.92 Å². The summed E-state index contributed by atoms with van der Waals surface area (Å²) in [5.74, 6) is 0.471. The average Bonchev–Trinajstić information content (AvgIpc) is 3.24. The summed E-state index contributed by atoms with van der Waals surface area (Å²) in [5.41, 5.74) is 1.34. The molecule has 3 rings (SSSR count). The molecule has 1 amide bonds. The van der Waals surface area contributed by atoms with Gasteiger partial charge in [-0.3, -0.25) is 9.69 Å². The van der Waals surface area contributed by atoms with Crippen molar-refractivity contribution in [3.05, 3.63) is 35.9 Å². The van der Waals surface area contributed by atoms with Crippen molar-refractivity contribution in [2.75, 3.05) is 13.1 Å². The number of rotatable bonds is 4. The van der Waals surface area contributed by atoms with Gasteiger partial charge in [-0.2, -0.15) is 0 Å². The molecule has 19 heavy (non-hydrogen) atoms. The Bertz CT molecular complexity index is 428. The van der Waals surface area contributed by atoms with E-state index >= 15 is 0 Å². The van der Waals surface area contributed by atoms with Crippen LogP contribution >= 0.6 is 0 Å². The number of carbonyl (C=O) groups is 1. The Labute approximate surface area is 115 Å². The third kappa shape index (κ3) is 3.57. The molecule has 102 valence electrons. The predicted molar refractivity (Wildman–Crippen MR) is 75.6 cm³/mol. The van der Waals surface area contributed by atoms with E-state index in [1.54, 1.807) is 0 Å². The molecule has 0 bridgehead atoms. The Balaban J connectivity index is 1.53. The molecule has 0 unspecified atom stereocenters. The zero-order valence-corrected chi connectivity index (χ0v) is 11.3. The molecular formula is C16H22N2O. The smallest absolute Gasteiger partial charge is 0.224 e. The number of piperidine rings is 1. The number of likely N-dealkylation sites (tertiary alicyclic amines) is 1. The Morgan fingerprint density at radius 1 is 1.21 bits per heavy atom. The SMILES string of the molecule is O=C(NC1CC1)[C@@H]1CCCN(Cc2ccccc2)C1. The van der Waals surface area contributed by atoms with Gasteiger partial charge in [0, 0.05) is 19.1 Å². The molecule has 2 fully saturated rings. The molecule has 1 saturated heterocycles. The summed E-state index contributed by atoms with van der Waals surface area (Å²) in [6, 6.07) is 11.0. The highest BCUT2D eigenvalue weighted by molar-refractivity contribution is 5.79. The second-order valence-corrected chi connectivity index (χ2v) is 5.84. The van der Waals surface area contributed by atoms with Gasteiger partial charge in [0.15, 0.2) is 0 Å². The first-order valence-electron chi connectivity index (χ1n) is 7.38. The van der Waals surface area contributed by atoms with Gasteiger partial charge in [0.25, 0.3) is 0 Å². The van der Waals surface area contributed by atoms with Crippen LogP contribution in [0.2, 0.25) is 0 Å². The molecule has 2 aliphatic rings. The fraction of sp³-hybridized carbons (Fsp3) is 0.562. The minimum Gasteiger partial charge on any atom is -0.353 e. The van der Waals surface area contributed by atoms with Crippen molar-refractivity contribution in [3.8, 4) is 0 Å². The molecule has 1 aliphatic carbocycles. The Morgan fingerprint density at radius 3 is 2.74 bits per heavy atom. The van der Waals surface area contributed by atoms with E-state index in [4.69, 9.17) is 0 Å². The molecular weight excluding hydrogens is 236 g/mol. The van der Waals surface area contributed by atoms with Crippen molar-refractivity contribution in [2.24, 2.45) is 5.92 Å². The predicted octanol–water partition coefficient (Wildman–Crippen LogP) is 2.18. The van der Waals surface area contributed by atoms with Crippen LogP contribution in [0.5, 0.6) is 0 Å². The first kappa shape index (κ1) is 12.7. The second kappa shape index (κ2) is 5.74. The van der Waals surface area contributed by atoms with Gasteiger partial charge in [0.2, 0.25) is 5.91 Å². The van der Waals surface area contributed by atoms with Crippen LogP contribution in [0.3, 0.4) is 0 Å². The normalized spacial score (nSPS) is 24.1. The molecule has 3 heteroatoms. The van der Waals surface area contributed by atoms with E-state index in [2.05, 4.69) is 34.5 Å². The van der Waals surface area contributed by atoms with Gasteiger partial charge in [0.1, 0.15) is 0 Å². The van der Waals surface area contributed by atoms with E-state index in [1.165, 1.54) is 18.4 Å². The highest BCUT2D eigenvalue weighted by atomic mass is 16.2. The minimum absolute atomic E-state index is 0.193. The van der Waals surface area contributed by atoms with Crippen molar-refractivity contribution < 1.29 is 4.79 Å². The Morgan fingerprint density at radius 2 is 2.00 bits per heavy atom. The van der Waals surface area contributed by atoms with E-state index in [0.717, 1.165) is 32.5 Å². The molecule has 0 aromatic heterocycles. The van der Waals surface area contributed by atoms with Crippen LogP contribution < -0.4 is 5.32 Å². The number of hydrogen-bond acceptors (Lipinski definition) is 2. The summed E-state index contributed by atoms with van der Waals surface area (Å²) < 4.78 is 0. The molecule has 1 saturated carbocycles. The van der Waals surface area contributed by atoms with Gasteiger partial charge in [-0.1, -0.05) is 30.3 Å². The third-order valence-electron chi connectivity index (χ3n) is 4.05. The fourth-order valence-electron chi connectivity index (χ4n) is 2.80. The van der Waals surface area contributed by atoms with Crippen LogP contribution in [-0.2, 0) is 11.3 Å². The summed E-state index contributed by atoms with van der Waals surface area (Å²) in [7, 11) is 0. The molecule has 0 spiro atoms. The van der Waals surface area contributed by atoms with Crippen molar-refractivity contribution in [2.45, 2.75) is 38.3 Å². The van der Waals surface area contributed by atoms with Gasteiger partial charge >= 0.3 is 0 Å². The zero-order chi connectivity index (χ0) is 13.1. The number of carbonyl (C=O) groups excluding carboxylic acids is 1. The largest absolute Gasteiger partial charge is 0.353 e. The van der Waals surface area contributed by atoms with Gasteiger partial charge < -0.3 is 5.32 Å². The van der Waals surface area contributed by atoms with Crippen LogP contribution in [0.15, 0.2) is 30.3 Å². The zero-order valence-electron chi connectivity index (χ0n) is 11.3. The number of hydrogen-bond donors (Lipinski definition) is 1. The lowest BCUT2D eigenvalue weighted by Crippen LogP contribution is -2.43. The quantitative estimate of drug-likeness (QED) is 0.897. The highest BCUT2D eigenvalue weighted by Gasteiger charge is 2.30. The lowest BCUT2D eigenvalue weighted by Gasteiger charge is -2.32. The molecule has 1 aromatic rings. The number of benzene rings is 1. The summed E-state index contributed by atoms with van der Waals surface area (Å²) in [6.07, 6.45) is 4.53. The summed E-state index contributed by atoms with van der Waals surface area (Å²) in [6.45, 7) is 2.99. The fourth-order valence-corrected chi connectivity index (χ4v) is 2.80. The van der Waals surface area contributed by atoms with E-state index < -0.39 is 0 Å². The lowest BCUT2D eigenvalue weighted by atomic mass is 9.96. The molecule has 1 heterocycles. The second-order valence-electron chi connectivity index (χ2n) is 5.84. The van der Waals surface area contributed by atoms with Gasteiger partial charge in [-0.25, -0.2) is 0 Å². The standard InChI is InChI=1S/C16H22N2O/c19-16(17-15-8-9-15)14-7-4-10-18(12-14)11-13-5-2-1-3-6-13/h1-3,5-6,14-15H,4,7-12H2,(H,17,19)/t14-/m1/s1. The van der Waals surface area contributed by atoms with E-state index in [9.17, 15) is 4.79 Å². The number of amides is 1. The average molecular weight is 258 g/mol. The number of nitrogens with zero attached hydrogens (tertiary/aromatic N) is 1. The summed E-state index contributed by atoms with van der Waals surface area (Å²) in [5, 5.41) is 3.14. The van der Waals surface area contributed by atoms with E-state index in [0.29, 0.717) is 6.04 Å². The van der Waals surface area contributed by atoms with E-state index in [-0.39, 0.29) is 11.8 Å². The maximum absolute atomic E-state index is 12.1. The van der Waals surface area contributed by atoms with Crippen molar-refractivity contribution in [1.82, 2.24) is 10.2 Å².